The molecule has 1 aliphatic heterocycles. The number of carboxylic acids is 1. The van der Waals surface area contributed by atoms with E-state index in [0.29, 0.717) is 0 Å². The Morgan fingerprint density at radius 2 is 1.75 bits per heavy atom. The average Bonchev–Trinajstić information content (AvgIpc) is 2.44. The van der Waals surface area contributed by atoms with Crippen molar-refractivity contribution < 1.29 is 37.8 Å². The molecule has 2 amide bonds. The van der Waals surface area contributed by atoms with Gasteiger partial charge in [0, 0.05) is 0 Å². The molecule has 0 aliphatic carbocycles. The van der Waals surface area contributed by atoms with Crippen molar-refractivity contribution in [3.8, 4) is 0 Å². The summed E-state index contributed by atoms with van der Waals surface area (Å²) >= 11 is 0. The van der Waals surface area contributed by atoms with Gasteiger partial charge in [-0.2, -0.15) is 13.2 Å². The summed E-state index contributed by atoms with van der Waals surface area (Å²) in [5.74, 6) is -4.30. The number of amides is 2. The number of nitrogens with one attached hydrogen (secondary N) is 2. The monoisotopic (exact) mass is 346 g/mol. The van der Waals surface area contributed by atoms with E-state index >= 15 is 0 Å². The Labute approximate surface area is 133 Å². The van der Waals surface area contributed by atoms with Gasteiger partial charge < -0.3 is 20.8 Å². The number of carbonyl (C=O) groups excluding carboxylic acids is 2. The fraction of sp³-hybridized carbons (Fsp3) is 0.357. The lowest BCUT2D eigenvalue weighted by Gasteiger charge is -2.44. The van der Waals surface area contributed by atoms with Crippen LogP contribution in [-0.4, -0.2) is 39.9 Å². The molecular weight excluding hydrogens is 333 g/mol. The van der Waals surface area contributed by atoms with Gasteiger partial charge in [0.05, 0.1) is 17.5 Å². The summed E-state index contributed by atoms with van der Waals surface area (Å²) in [4.78, 5) is 34.2. The summed E-state index contributed by atoms with van der Waals surface area (Å²) in [5.41, 5.74) is -3.81. The molecule has 130 valence electrons. The third-order valence-electron chi connectivity index (χ3n) is 3.76. The number of halogens is 3. The summed E-state index contributed by atoms with van der Waals surface area (Å²) in [6.45, 7) is 0.860. The molecule has 0 radical (unpaired) electrons. The van der Waals surface area contributed by atoms with Gasteiger partial charge in [0.15, 0.2) is 0 Å². The molecule has 1 fully saturated rings. The summed E-state index contributed by atoms with van der Waals surface area (Å²) in [6, 6.07) is 1.80. The largest absolute Gasteiger partial charge is 0.478 e. The highest BCUT2D eigenvalue weighted by Gasteiger charge is 2.65. The Bertz CT molecular complexity index is 689. The zero-order valence-electron chi connectivity index (χ0n) is 12.2. The third kappa shape index (κ3) is 2.92. The molecule has 0 unspecified atom stereocenters. The quantitative estimate of drug-likeness (QED) is 0.656. The van der Waals surface area contributed by atoms with Crippen molar-refractivity contribution in [2.75, 3.05) is 0 Å². The molecule has 1 heterocycles. The number of benzene rings is 1. The number of Topliss-reactive ketones (excluding diaryl/α,β-unsaturated/α-hetero) is 1. The van der Waals surface area contributed by atoms with E-state index in [1.54, 1.807) is 0 Å². The van der Waals surface area contributed by atoms with Crippen molar-refractivity contribution in [2.45, 2.75) is 24.9 Å². The summed E-state index contributed by atoms with van der Waals surface area (Å²) in [5, 5.41) is 22.3. The van der Waals surface area contributed by atoms with Crippen LogP contribution < -0.4 is 10.6 Å². The zero-order chi connectivity index (χ0) is 18.3. The topological polar surface area (TPSA) is 116 Å². The van der Waals surface area contributed by atoms with Crippen molar-refractivity contribution in [2.24, 2.45) is 5.92 Å². The van der Waals surface area contributed by atoms with Crippen molar-refractivity contribution in [1.29, 1.82) is 0 Å². The van der Waals surface area contributed by atoms with Gasteiger partial charge in [-0.3, -0.25) is 4.79 Å². The molecule has 7 nitrogen and oxygen atoms in total. The molecule has 2 rings (SSSR count). The highest BCUT2D eigenvalue weighted by Crippen LogP contribution is 2.42. The molecule has 24 heavy (non-hydrogen) atoms. The van der Waals surface area contributed by atoms with E-state index in [0.717, 1.165) is 19.1 Å². The molecule has 1 aromatic carbocycles. The van der Waals surface area contributed by atoms with E-state index in [-0.39, 0.29) is 11.1 Å². The first-order chi connectivity index (χ1) is 11.0. The van der Waals surface area contributed by atoms with Gasteiger partial charge in [-0.1, -0.05) is 12.1 Å². The van der Waals surface area contributed by atoms with E-state index in [1.165, 1.54) is 17.4 Å². The molecule has 0 saturated carbocycles. The van der Waals surface area contributed by atoms with Crippen LogP contribution in [0.4, 0.5) is 18.0 Å². The fourth-order valence-corrected chi connectivity index (χ4v) is 2.64. The predicted molar refractivity (Wildman–Crippen MR) is 73.0 cm³/mol. The molecule has 0 bridgehead atoms. The maximum atomic E-state index is 13.2. The number of hydrogen-bond acceptors (Lipinski definition) is 4. The first-order valence-electron chi connectivity index (χ1n) is 6.69. The average molecular weight is 346 g/mol. The lowest BCUT2D eigenvalue weighted by molar-refractivity contribution is -0.290. The van der Waals surface area contributed by atoms with Crippen LogP contribution in [0.2, 0.25) is 0 Å². The second-order valence-electron chi connectivity index (χ2n) is 5.36. The Morgan fingerprint density at radius 1 is 1.21 bits per heavy atom. The second-order valence-corrected chi connectivity index (χ2v) is 5.36. The maximum Gasteiger partial charge on any atom is 0.437 e. The van der Waals surface area contributed by atoms with Crippen LogP contribution in [0, 0.1) is 5.92 Å². The molecule has 1 aliphatic rings. The summed E-state index contributed by atoms with van der Waals surface area (Å²) in [7, 11) is 0. The molecule has 1 saturated heterocycles. The first-order valence-corrected chi connectivity index (χ1v) is 6.69. The minimum Gasteiger partial charge on any atom is -0.478 e. The number of aromatic carboxylic acids is 1. The normalized spacial score (nSPS) is 27.1. The van der Waals surface area contributed by atoms with E-state index in [9.17, 15) is 32.7 Å². The molecule has 0 spiro atoms. The van der Waals surface area contributed by atoms with Crippen molar-refractivity contribution in [1.82, 2.24) is 10.6 Å². The Morgan fingerprint density at radius 3 is 2.17 bits per heavy atom. The van der Waals surface area contributed by atoms with Gasteiger partial charge >= 0.3 is 18.2 Å². The van der Waals surface area contributed by atoms with E-state index in [2.05, 4.69) is 5.32 Å². The number of alkyl halides is 3. The Kier molecular flexibility index (Phi) is 4.27. The van der Waals surface area contributed by atoms with Crippen LogP contribution >= 0.6 is 0 Å². The molecule has 3 atom stereocenters. The Hall–Kier alpha value is -2.62. The number of ketones is 1. The maximum absolute atomic E-state index is 13.2. The minimum atomic E-state index is -5.29. The van der Waals surface area contributed by atoms with Crippen LogP contribution in [0.1, 0.15) is 28.9 Å². The lowest BCUT2D eigenvalue weighted by atomic mass is 9.79. The van der Waals surface area contributed by atoms with Crippen LogP contribution in [0.5, 0.6) is 0 Å². The van der Waals surface area contributed by atoms with Crippen LogP contribution in [0.3, 0.4) is 0 Å². The molecule has 0 aromatic heterocycles. The van der Waals surface area contributed by atoms with E-state index in [4.69, 9.17) is 5.11 Å². The van der Waals surface area contributed by atoms with Crippen LogP contribution in [0.15, 0.2) is 24.3 Å². The zero-order valence-corrected chi connectivity index (χ0v) is 12.2. The molecule has 4 N–H and O–H groups in total. The number of aliphatic hydroxyl groups is 1. The number of rotatable bonds is 3. The van der Waals surface area contributed by atoms with Crippen LogP contribution in [0.25, 0.3) is 0 Å². The molecule has 10 heteroatoms. The van der Waals surface area contributed by atoms with Crippen molar-refractivity contribution >= 4 is 17.8 Å². The lowest BCUT2D eigenvalue weighted by Crippen LogP contribution is -2.72. The fourth-order valence-electron chi connectivity index (χ4n) is 2.64. The second kappa shape index (κ2) is 5.78. The molecule has 1 aromatic rings. The van der Waals surface area contributed by atoms with Gasteiger partial charge in [-0.15, -0.1) is 0 Å². The van der Waals surface area contributed by atoms with Crippen LogP contribution in [-0.2, 0) is 4.79 Å². The van der Waals surface area contributed by atoms with Gasteiger partial charge in [-0.25, -0.2) is 9.59 Å². The highest BCUT2D eigenvalue weighted by atomic mass is 19.4. The standard InChI is InChI=1S/C14H13F3N2O5/c1-6(20)9-10(7-2-4-8(5-3-7)11(21)22)18-12(23)19-13(9,24)14(15,16)17/h2-5,9-10,24H,1H3,(H,21,22)(H2,18,19,23)/t9-,10-,13+/m0/s1. The van der Waals surface area contributed by atoms with Gasteiger partial charge in [-0.05, 0) is 24.6 Å². The number of hydrogen-bond donors (Lipinski definition) is 4. The summed E-state index contributed by atoms with van der Waals surface area (Å²) in [6.07, 6.45) is -5.29. The Balaban J connectivity index is 2.52. The van der Waals surface area contributed by atoms with Gasteiger partial charge in [0.25, 0.3) is 0 Å². The number of urea groups is 1. The SMILES string of the molecule is CC(=O)[C@H]1[C@H](c2ccc(C(=O)O)cc2)NC(=O)N[C@]1(O)C(F)(F)F. The van der Waals surface area contributed by atoms with Gasteiger partial charge in [0.2, 0.25) is 5.72 Å². The van der Waals surface area contributed by atoms with E-state index < -0.39 is 41.6 Å². The first kappa shape index (κ1) is 17.7. The van der Waals surface area contributed by atoms with Crippen molar-refractivity contribution in [3.05, 3.63) is 35.4 Å². The predicted octanol–water partition coefficient (Wildman–Crippen LogP) is 1.19. The highest BCUT2D eigenvalue weighted by molar-refractivity contribution is 5.88. The minimum absolute atomic E-state index is 0.0534. The van der Waals surface area contributed by atoms with Gasteiger partial charge in [0.1, 0.15) is 5.78 Å². The smallest absolute Gasteiger partial charge is 0.437 e. The van der Waals surface area contributed by atoms with Crippen molar-refractivity contribution in [3.63, 3.8) is 0 Å². The number of carbonyl (C=O) groups is 3. The number of carboxylic acid groups (broad SMARTS) is 1. The molecular formula is C14H13F3N2O5. The third-order valence-corrected chi connectivity index (χ3v) is 3.76. The van der Waals surface area contributed by atoms with E-state index in [1.807, 2.05) is 0 Å². The summed E-state index contributed by atoms with van der Waals surface area (Å²) < 4.78 is 39.7.